The van der Waals surface area contributed by atoms with Crippen molar-refractivity contribution in [1.82, 2.24) is 20.1 Å². The van der Waals surface area contributed by atoms with E-state index in [-0.39, 0.29) is 11.4 Å². The smallest absolute Gasteiger partial charge is 0.338 e. The van der Waals surface area contributed by atoms with Crippen LogP contribution in [-0.2, 0) is 11.9 Å². The standard InChI is InChI=1S/C16H13F3N4OS/c1-9-6-14(21-10(2)20-9)25-8-13-22-15(23-24-13)11-4-3-5-12(7-11)16(17,18)19/h3-7H,8H2,1-2H3. The topological polar surface area (TPSA) is 64.7 Å². The SMILES string of the molecule is Cc1cc(SCc2nc(-c3cccc(C(F)(F)F)c3)no2)nc(C)n1. The number of rotatable bonds is 4. The number of halogens is 3. The molecular formula is C16H13F3N4OS. The molecule has 0 spiro atoms. The van der Waals surface area contributed by atoms with Gasteiger partial charge in [0.2, 0.25) is 11.7 Å². The first-order valence-electron chi connectivity index (χ1n) is 7.26. The molecule has 5 nitrogen and oxygen atoms in total. The molecule has 0 saturated carbocycles. The molecule has 0 saturated heterocycles. The van der Waals surface area contributed by atoms with Gasteiger partial charge in [-0.1, -0.05) is 29.1 Å². The van der Waals surface area contributed by atoms with Crippen LogP contribution in [0, 0.1) is 13.8 Å². The first kappa shape index (κ1) is 17.4. The number of alkyl halides is 3. The Balaban J connectivity index is 1.74. The van der Waals surface area contributed by atoms with Gasteiger partial charge in [-0.05, 0) is 32.0 Å². The van der Waals surface area contributed by atoms with Crippen molar-refractivity contribution in [2.75, 3.05) is 0 Å². The Labute approximate surface area is 145 Å². The highest BCUT2D eigenvalue weighted by Crippen LogP contribution is 2.31. The molecule has 25 heavy (non-hydrogen) atoms. The lowest BCUT2D eigenvalue weighted by molar-refractivity contribution is -0.137. The average molecular weight is 366 g/mol. The number of aryl methyl sites for hydroxylation is 2. The van der Waals surface area contributed by atoms with Gasteiger partial charge in [-0.15, -0.1) is 0 Å². The van der Waals surface area contributed by atoms with E-state index in [4.69, 9.17) is 4.52 Å². The molecule has 0 aliphatic rings. The quantitative estimate of drug-likeness (QED) is 0.502. The monoisotopic (exact) mass is 366 g/mol. The fourth-order valence-electron chi connectivity index (χ4n) is 2.16. The summed E-state index contributed by atoms with van der Waals surface area (Å²) in [6.45, 7) is 3.67. The molecule has 2 heterocycles. The number of benzene rings is 1. The zero-order valence-electron chi connectivity index (χ0n) is 13.3. The lowest BCUT2D eigenvalue weighted by Crippen LogP contribution is -2.04. The van der Waals surface area contributed by atoms with Crippen LogP contribution >= 0.6 is 11.8 Å². The molecule has 130 valence electrons. The molecular weight excluding hydrogens is 353 g/mol. The molecule has 0 unspecified atom stereocenters. The second-order valence-electron chi connectivity index (χ2n) is 5.27. The van der Waals surface area contributed by atoms with Gasteiger partial charge in [-0.2, -0.15) is 18.2 Å². The first-order chi connectivity index (χ1) is 11.8. The Bertz CT molecular complexity index is 875. The summed E-state index contributed by atoms with van der Waals surface area (Å²) in [5.41, 5.74) is 0.353. The molecule has 0 radical (unpaired) electrons. The maximum absolute atomic E-state index is 12.8. The highest BCUT2D eigenvalue weighted by atomic mass is 32.2. The molecule has 0 fully saturated rings. The second-order valence-corrected chi connectivity index (χ2v) is 6.27. The van der Waals surface area contributed by atoms with Crippen molar-refractivity contribution >= 4 is 11.8 Å². The molecule has 1 aromatic carbocycles. The van der Waals surface area contributed by atoms with E-state index in [1.54, 1.807) is 6.92 Å². The van der Waals surface area contributed by atoms with Gasteiger partial charge in [0.05, 0.1) is 11.3 Å². The normalized spacial score (nSPS) is 11.7. The molecule has 3 aromatic rings. The maximum Gasteiger partial charge on any atom is 0.416 e. The Morgan fingerprint density at radius 2 is 1.88 bits per heavy atom. The van der Waals surface area contributed by atoms with E-state index in [0.717, 1.165) is 22.9 Å². The van der Waals surface area contributed by atoms with Crippen LogP contribution in [-0.4, -0.2) is 20.1 Å². The lowest BCUT2D eigenvalue weighted by atomic mass is 10.1. The molecule has 2 aromatic heterocycles. The third-order valence-corrected chi connectivity index (χ3v) is 4.10. The zero-order valence-corrected chi connectivity index (χ0v) is 14.1. The van der Waals surface area contributed by atoms with Gasteiger partial charge in [-0.3, -0.25) is 0 Å². The van der Waals surface area contributed by atoms with E-state index >= 15 is 0 Å². The minimum atomic E-state index is -4.42. The summed E-state index contributed by atoms with van der Waals surface area (Å²) >= 11 is 1.39. The highest BCUT2D eigenvalue weighted by Gasteiger charge is 2.30. The number of aromatic nitrogens is 4. The van der Waals surface area contributed by atoms with Gasteiger partial charge in [0.15, 0.2) is 0 Å². The number of hydrogen-bond donors (Lipinski definition) is 0. The predicted molar refractivity (Wildman–Crippen MR) is 85.8 cm³/mol. The summed E-state index contributed by atoms with van der Waals surface area (Å²) in [7, 11) is 0. The van der Waals surface area contributed by atoms with Gasteiger partial charge in [0.25, 0.3) is 0 Å². The molecule has 0 aliphatic heterocycles. The average Bonchev–Trinajstić information content (AvgIpc) is 3.00. The van der Waals surface area contributed by atoms with E-state index in [1.807, 2.05) is 13.0 Å². The Hall–Kier alpha value is -2.42. The zero-order chi connectivity index (χ0) is 18.0. The van der Waals surface area contributed by atoms with Crippen molar-refractivity contribution in [1.29, 1.82) is 0 Å². The summed E-state index contributed by atoms with van der Waals surface area (Å²) in [5.74, 6) is 1.46. The number of nitrogens with zero attached hydrogens (tertiary/aromatic N) is 4. The fourth-order valence-corrected chi connectivity index (χ4v) is 3.00. The van der Waals surface area contributed by atoms with E-state index in [2.05, 4.69) is 20.1 Å². The van der Waals surface area contributed by atoms with Crippen LogP contribution in [0.3, 0.4) is 0 Å². The maximum atomic E-state index is 12.8. The first-order valence-corrected chi connectivity index (χ1v) is 8.25. The van der Waals surface area contributed by atoms with Gasteiger partial charge in [0.1, 0.15) is 10.9 Å². The van der Waals surface area contributed by atoms with Crippen molar-refractivity contribution in [3.8, 4) is 11.4 Å². The van der Waals surface area contributed by atoms with Crippen LogP contribution in [0.1, 0.15) is 23.0 Å². The van der Waals surface area contributed by atoms with Gasteiger partial charge in [-0.25, -0.2) is 9.97 Å². The van der Waals surface area contributed by atoms with Crippen LogP contribution in [0.15, 0.2) is 39.9 Å². The van der Waals surface area contributed by atoms with Crippen molar-refractivity contribution in [3.05, 3.63) is 53.3 Å². The van der Waals surface area contributed by atoms with Crippen molar-refractivity contribution < 1.29 is 17.7 Å². The summed E-state index contributed by atoms with van der Waals surface area (Å²) in [5, 5.41) is 4.52. The highest BCUT2D eigenvalue weighted by molar-refractivity contribution is 7.98. The Morgan fingerprint density at radius 1 is 1.08 bits per heavy atom. The van der Waals surface area contributed by atoms with E-state index < -0.39 is 11.7 Å². The second kappa shape index (κ2) is 6.83. The van der Waals surface area contributed by atoms with Crippen LogP contribution in [0.2, 0.25) is 0 Å². The molecule has 0 atom stereocenters. The van der Waals surface area contributed by atoms with E-state index in [9.17, 15) is 13.2 Å². The lowest BCUT2D eigenvalue weighted by Gasteiger charge is -2.06. The molecule has 0 N–H and O–H groups in total. The summed E-state index contributed by atoms with van der Waals surface area (Å²) < 4.78 is 43.5. The Morgan fingerprint density at radius 3 is 2.60 bits per heavy atom. The van der Waals surface area contributed by atoms with Crippen molar-refractivity contribution in [2.24, 2.45) is 0 Å². The van der Waals surface area contributed by atoms with Crippen molar-refractivity contribution in [2.45, 2.75) is 30.8 Å². The van der Waals surface area contributed by atoms with Crippen molar-refractivity contribution in [3.63, 3.8) is 0 Å². The molecule has 9 heteroatoms. The number of thioether (sulfide) groups is 1. The molecule has 0 amide bonds. The summed E-state index contributed by atoms with van der Waals surface area (Å²) in [6, 6.07) is 6.66. The van der Waals surface area contributed by atoms with Gasteiger partial charge in [0, 0.05) is 11.3 Å². The summed E-state index contributed by atoms with van der Waals surface area (Å²) in [6.07, 6.45) is -4.42. The number of hydrogen-bond acceptors (Lipinski definition) is 6. The Kier molecular flexibility index (Phi) is 4.76. The predicted octanol–water partition coefficient (Wildman–Crippen LogP) is 4.45. The van der Waals surface area contributed by atoms with Crippen LogP contribution < -0.4 is 0 Å². The third-order valence-electron chi connectivity index (χ3n) is 3.20. The van der Waals surface area contributed by atoms with E-state index in [0.29, 0.717) is 17.5 Å². The van der Waals surface area contributed by atoms with Crippen LogP contribution in [0.5, 0.6) is 0 Å². The van der Waals surface area contributed by atoms with Crippen LogP contribution in [0.25, 0.3) is 11.4 Å². The molecule has 0 bridgehead atoms. The summed E-state index contributed by atoms with van der Waals surface area (Å²) in [4.78, 5) is 12.6. The van der Waals surface area contributed by atoms with Gasteiger partial charge < -0.3 is 4.52 Å². The largest absolute Gasteiger partial charge is 0.416 e. The van der Waals surface area contributed by atoms with Crippen LogP contribution in [0.4, 0.5) is 13.2 Å². The fraction of sp³-hybridized carbons (Fsp3) is 0.250. The minimum absolute atomic E-state index is 0.122. The molecule has 0 aliphatic carbocycles. The van der Waals surface area contributed by atoms with E-state index in [1.165, 1.54) is 23.9 Å². The third kappa shape index (κ3) is 4.36. The molecule has 3 rings (SSSR count). The minimum Gasteiger partial charge on any atom is -0.338 e. The van der Waals surface area contributed by atoms with Gasteiger partial charge >= 0.3 is 6.18 Å².